The zero-order valence-corrected chi connectivity index (χ0v) is 12.7. The average molecular weight is 298 g/mol. The molecule has 0 saturated carbocycles. The van der Waals surface area contributed by atoms with Gasteiger partial charge in [0.15, 0.2) is 0 Å². The van der Waals surface area contributed by atoms with E-state index in [-0.39, 0.29) is 17.1 Å². The molecule has 0 unspecified atom stereocenters. The summed E-state index contributed by atoms with van der Waals surface area (Å²) in [5, 5.41) is 2.51. The maximum Gasteiger partial charge on any atom is 0.242 e. The second-order valence-corrected chi connectivity index (χ2v) is 6.81. The molecule has 1 amide bonds. The molecular formula is C13H18N2O4S. The first-order valence-electron chi connectivity index (χ1n) is 5.97. The Bertz CT molecular complexity index is 636. The summed E-state index contributed by atoms with van der Waals surface area (Å²) in [7, 11) is -0.693. The number of sulfonamides is 1. The summed E-state index contributed by atoms with van der Waals surface area (Å²) >= 11 is 0. The maximum atomic E-state index is 12.1. The molecule has 7 heteroatoms. The molecule has 1 aromatic rings. The van der Waals surface area contributed by atoms with E-state index in [1.165, 1.54) is 27.1 Å². The van der Waals surface area contributed by atoms with E-state index < -0.39 is 15.9 Å². The van der Waals surface area contributed by atoms with Crippen molar-refractivity contribution in [3.63, 3.8) is 0 Å². The lowest BCUT2D eigenvalue weighted by atomic mass is 10.2. The largest absolute Gasteiger partial charge is 0.326 e. The highest BCUT2D eigenvalue weighted by Crippen LogP contribution is 2.22. The minimum atomic E-state index is -3.57. The Morgan fingerprint density at radius 3 is 2.35 bits per heavy atom. The molecule has 0 heterocycles. The van der Waals surface area contributed by atoms with Gasteiger partial charge in [0, 0.05) is 19.8 Å². The Labute approximate surface area is 118 Å². The van der Waals surface area contributed by atoms with Crippen molar-refractivity contribution in [2.75, 3.05) is 19.4 Å². The van der Waals surface area contributed by atoms with Crippen LogP contribution in [0, 0.1) is 6.92 Å². The van der Waals surface area contributed by atoms with Crippen LogP contribution in [0.5, 0.6) is 0 Å². The number of carbonyl (C=O) groups is 2. The topological polar surface area (TPSA) is 83.5 Å². The van der Waals surface area contributed by atoms with Gasteiger partial charge in [-0.2, -0.15) is 0 Å². The molecule has 0 aliphatic heterocycles. The molecule has 0 fully saturated rings. The number of nitrogens with zero attached hydrogens (tertiary/aromatic N) is 1. The Hall–Kier alpha value is -1.73. The van der Waals surface area contributed by atoms with Crippen molar-refractivity contribution in [1.29, 1.82) is 0 Å². The Morgan fingerprint density at radius 1 is 1.25 bits per heavy atom. The predicted molar refractivity (Wildman–Crippen MR) is 76.0 cm³/mol. The summed E-state index contributed by atoms with van der Waals surface area (Å²) in [5.41, 5.74) is 0.936. The van der Waals surface area contributed by atoms with Crippen LogP contribution in [0.2, 0.25) is 0 Å². The third-order valence-electron chi connectivity index (χ3n) is 2.64. The van der Waals surface area contributed by atoms with Crippen LogP contribution >= 0.6 is 0 Å². The van der Waals surface area contributed by atoms with Crippen molar-refractivity contribution in [1.82, 2.24) is 4.31 Å². The molecule has 0 saturated heterocycles. The van der Waals surface area contributed by atoms with Gasteiger partial charge in [-0.15, -0.1) is 0 Å². The van der Waals surface area contributed by atoms with Gasteiger partial charge in [-0.25, -0.2) is 12.7 Å². The first kappa shape index (κ1) is 16.3. The van der Waals surface area contributed by atoms with E-state index in [0.29, 0.717) is 11.3 Å². The zero-order chi connectivity index (χ0) is 15.5. The van der Waals surface area contributed by atoms with E-state index in [4.69, 9.17) is 0 Å². The lowest BCUT2D eigenvalue weighted by molar-refractivity contribution is -0.124. The number of hydrogen-bond acceptors (Lipinski definition) is 4. The Kier molecular flexibility index (Phi) is 5.02. The fourth-order valence-corrected chi connectivity index (χ4v) is 2.73. The average Bonchev–Trinajstić information content (AvgIpc) is 2.30. The highest BCUT2D eigenvalue weighted by Gasteiger charge is 2.20. The summed E-state index contributed by atoms with van der Waals surface area (Å²) in [4.78, 5) is 22.5. The molecule has 110 valence electrons. The summed E-state index contributed by atoms with van der Waals surface area (Å²) in [6, 6.07) is 4.60. The quantitative estimate of drug-likeness (QED) is 0.827. The molecule has 6 nitrogen and oxygen atoms in total. The number of benzene rings is 1. The zero-order valence-electron chi connectivity index (χ0n) is 11.9. The van der Waals surface area contributed by atoms with Crippen molar-refractivity contribution in [3.8, 4) is 0 Å². The summed E-state index contributed by atoms with van der Waals surface area (Å²) in [6.07, 6.45) is -0.232. The van der Waals surface area contributed by atoms with Gasteiger partial charge in [0.1, 0.15) is 5.78 Å². The van der Waals surface area contributed by atoms with E-state index in [1.54, 1.807) is 19.1 Å². The van der Waals surface area contributed by atoms with Crippen LogP contribution in [0.25, 0.3) is 0 Å². The third-order valence-corrected chi connectivity index (χ3v) is 4.60. The van der Waals surface area contributed by atoms with Gasteiger partial charge in [0.25, 0.3) is 0 Å². The molecule has 0 radical (unpaired) electrons. The normalized spacial score (nSPS) is 11.4. The fourth-order valence-electron chi connectivity index (χ4n) is 1.58. The SMILES string of the molecule is CC(=O)CC(=O)Nc1ccc(C)c(S(=O)(=O)N(C)C)c1. The lowest BCUT2D eigenvalue weighted by Crippen LogP contribution is -2.23. The van der Waals surface area contributed by atoms with Gasteiger partial charge in [0.2, 0.25) is 15.9 Å². The first-order valence-corrected chi connectivity index (χ1v) is 7.41. The number of nitrogens with one attached hydrogen (secondary N) is 1. The molecule has 0 bridgehead atoms. The summed E-state index contributed by atoms with van der Waals surface area (Å²) in [6.45, 7) is 2.99. The van der Waals surface area contributed by atoms with Gasteiger partial charge in [0.05, 0.1) is 11.3 Å². The number of aryl methyl sites for hydroxylation is 1. The van der Waals surface area contributed by atoms with Crippen LogP contribution in [0.1, 0.15) is 18.9 Å². The van der Waals surface area contributed by atoms with E-state index in [0.717, 1.165) is 4.31 Å². The van der Waals surface area contributed by atoms with Crippen LogP contribution in [-0.2, 0) is 19.6 Å². The minimum Gasteiger partial charge on any atom is -0.326 e. The van der Waals surface area contributed by atoms with Crippen LogP contribution in [0.3, 0.4) is 0 Å². The Balaban J connectivity index is 3.10. The second-order valence-electron chi connectivity index (χ2n) is 4.69. The van der Waals surface area contributed by atoms with Gasteiger partial charge in [-0.1, -0.05) is 6.07 Å². The minimum absolute atomic E-state index is 0.128. The molecule has 20 heavy (non-hydrogen) atoms. The number of rotatable bonds is 5. The highest BCUT2D eigenvalue weighted by molar-refractivity contribution is 7.89. The van der Waals surface area contributed by atoms with Crippen molar-refractivity contribution >= 4 is 27.4 Å². The van der Waals surface area contributed by atoms with Crippen molar-refractivity contribution < 1.29 is 18.0 Å². The standard InChI is InChI=1S/C13H18N2O4S/c1-9-5-6-11(14-13(17)7-10(2)16)8-12(9)20(18,19)15(3)4/h5-6,8H,7H2,1-4H3,(H,14,17). The summed E-state index contributed by atoms with van der Waals surface area (Å²) in [5.74, 6) is -0.717. The van der Waals surface area contributed by atoms with Gasteiger partial charge >= 0.3 is 0 Å². The molecule has 0 aromatic heterocycles. The van der Waals surface area contributed by atoms with Crippen LogP contribution < -0.4 is 5.32 Å². The Morgan fingerprint density at radius 2 is 1.85 bits per heavy atom. The van der Waals surface area contributed by atoms with Crippen molar-refractivity contribution in [2.45, 2.75) is 25.2 Å². The molecule has 1 aromatic carbocycles. The number of anilines is 1. The smallest absolute Gasteiger partial charge is 0.242 e. The van der Waals surface area contributed by atoms with Crippen LogP contribution in [-0.4, -0.2) is 38.5 Å². The molecule has 1 rings (SSSR count). The molecule has 0 spiro atoms. The number of amides is 1. The molecular weight excluding hydrogens is 280 g/mol. The van der Waals surface area contributed by atoms with Gasteiger partial charge < -0.3 is 5.32 Å². The van der Waals surface area contributed by atoms with Gasteiger partial charge in [-0.3, -0.25) is 9.59 Å². The predicted octanol–water partition coefficient (Wildman–Crippen LogP) is 1.16. The van der Waals surface area contributed by atoms with Gasteiger partial charge in [-0.05, 0) is 31.5 Å². The molecule has 0 aliphatic carbocycles. The second kappa shape index (κ2) is 6.15. The molecule has 0 atom stereocenters. The van der Waals surface area contributed by atoms with Crippen LogP contribution in [0.4, 0.5) is 5.69 Å². The van der Waals surface area contributed by atoms with E-state index in [2.05, 4.69) is 5.32 Å². The van der Waals surface area contributed by atoms with E-state index in [1.807, 2.05) is 0 Å². The van der Waals surface area contributed by atoms with Crippen molar-refractivity contribution in [2.24, 2.45) is 0 Å². The molecule has 0 aliphatic rings. The monoisotopic (exact) mass is 298 g/mol. The van der Waals surface area contributed by atoms with E-state index in [9.17, 15) is 18.0 Å². The lowest BCUT2D eigenvalue weighted by Gasteiger charge is -2.15. The third kappa shape index (κ3) is 3.88. The number of ketones is 1. The molecule has 1 N–H and O–H groups in total. The fraction of sp³-hybridized carbons (Fsp3) is 0.385. The number of carbonyl (C=O) groups excluding carboxylic acids is 2. The summed E-state index contributed by atoms with van der Waals surface area (Å²) < 4.78 is 25.4. The first-order chi connectivity index (χ1) is 9.14. The van der Waals surface area contributed by atoms with Crippen molar-refractivity contribution in [3.05, 3.63) is 23.8 Å². The maximum absolute atomic E-state index is 12.1. The highest BCUT2D eigenvalue weighted by atomic mass is 32.2. The number of hydrogen-bond donors (Lipinski definition) is 1. The number of Topliss-reactive ketones (excluding diaryl/α,β-unsaturated/α-hetero) is 1. The van der Waals surface area contributed by atoms with Crippen LogP contribution in [0.15, 0.2) is 23.1 Å². The van der Waals surface area contributed by atoms with E-state index >= 15 is 0 Å².